The summed E-state index contributed by atoms with van der Waals surface area (Å²) in [6.45, 7) is 6.82. The van der Waals surface area contributed by atoms with Crippen LogP contribution in [0.15, 0.2) is 48.5 Å². The SMILES string of the molecule is COC(=O)[C@@H](NC(=O)OC(C)(C)C)[C@H](C)NC(=O)OCC1c2ccccc2-c2ccccc21. The van der Waals surface area contributed by atoms with Gasteiger partial charge in [0, 0.05) is 5.92 Å². The highest BCUT2D eigenvalue weighted by Gasteiger charge is 2.32. The summed E-state index contributed by atoms with van der Waals surface area (Å²) in [5.41, 5.74) is 3.71. The first-order valence-electron chi connectivity index (χ1n) is 10.8. The molecule has 1 aliphatic carbocycles. The molecule has 1 aliphatic rings. The van der Waals surface area contributed by atoms with Crippen molar-refractivity contribution in [3.63, 3.8) is 0 Å². The van der Waals surface area contributed by atoms with Crippen molar-refractivity contribution in [2.24, 2.45) is 0 Å². The molecule has 2 atom stereocenters. The molecule has 8 nitrogen and oxygen atoms in total. The maximum atomic E-state index is 12.5. The van der Waals surface area contributed by atoms with Crippen LogP contribution in [0.4, 0.5) is 9.59 Å². The molecule has 2 amide bonds. The summed E-state index contributed by atoms with van der Waals surface area (Å²) in [5.74, 6) is -0.804. The first kappa shape index (κ1) is 24.1. The third kappa shape index (κ3) is 5.83. The van der Waals surface area contributed by atoms with E-state index in [0.29, 0.717) is 0 Å². The summed E-state index contributed by atoms with van der Waals surface area (Å²) >= 11 is 0. The van der Waals surface area contributed by atoms with Gasteiger partial charge in [0.15, 0.2) is 0 Å². The maximum Gasteiger partial charge on any atom is 0.408 e. The normalized spacial score (nSPS) is 14.3. The average molecular weight is 455 g/mol. The summed E-state index contributed by atoms with van der Waals surface area (Å²) in [5, 5.41) is 5.05. The Labute approximate surface area is 193 Å². The standard InChI is InChI=1S/C25H30N2O6/c1-15(21(22(28)31-5)27-24(30)33-25(2,3)4)26-23(29)32-14-20-18-12-8-6-10-16(18)17-11-7-9-13-19(17)20/h6-13,15,20-21H,14H2,1-5H3,(H,26,29)(H,27,30)/t15-,21-/m0/s1. The fraction of sp³-hybridized carbons (Fsp3) is 0.400. The molecule has 0 spiro atoms. The number of amides is 2. The van der Waals surface area contributed by atoms with Crippen LogP contribution in [0.25, 0.3) is 11.1 Å². The molecule has 2 aromatic carbocycles. The second kappa shape index (κ2) is 9.94. The van der Waals surface area contributed by atoms with Crippen LogP contribution in [0.3, 0.4) is 0 Å². The van der Waals surface area contributed by atoms with Gasteiger partial charge in [-0.05, 0) is 49.9 Å². The van der Waals surface area contributed by atoms with E-state index in [1.54, 1.807) is 27.7 Å². The van der Waals surface area contributed by atoms with Gasteiger partial charge in [-0.15, -0.1) is 0 Å². The lowest BCUT2D eigenvalue weighted by atomic mass is 9.98. The number of hydrogen-bond acceptors (Lipinski definition) is 6. The van der Waals surface area contributed by atoms with Gasteiger partial charge in [-0.1, -0.05) is 48.5 Å². The highest BCUT2D eigenvalue weighted by Crippen LogP contribution is 2.44. The van der Waals surface area contributed by atoms with Crippen molar-refractivity contribution in [2.75, 3.05) is 13.7 Å². The topological polar surface area (TPSA) is 103 Å². The fourth-order valence-electron chi connectivity index (χ4n) is 3.86. The van der Waals surface area contributed by atoms with Crippen molar-refractivity contribution in [2.45, 2.75) is 51.3 Å². The van der Waals surface area contributed by atoms with Gasteiger partial charge in [0.25, 0.3) is 0 Å². The van der Waals surface area contributed by atoms with E-state index in [-0.39, 0.29) is 12.5 Å². The number of rotatable bonds is 6. The Kier molecular flexibility index (Phi) is 7.26. The van der Waals surface area contributed by atoms with Crippen molar-refractivity contribution in [1.29, 1.82) is 0 Å². The van der Waals surface area contributed by atoms with Crippen molar-refractivity contribution in [3.05, 3.63) is 59.7 Å². The molecule has 0 saturated carbocycles. The zero-order chi connectivity index (χ0) is 24.2. The quantitative estimate of drug-likeness (QED) is 0.506. The molecule has 3 rings (SSSR count). The molecule has 0 aliphatic heterocycles. The number of carbonyl (C=O) groups is 3. The van der Waals surface area contributed by atoms with E-state index in [4.69, 9.17) is 14.2 Å². The van der Waals surface area contributed by atoms with E-state index >= 15 is 0 Å². The van der Waals surface area contributed by atoms with Crippen molar-refractivity contribution >= 4 is 18.2 Å². The van der Waals surface area contributed by atoms with Crippen LogP contribution in [0, 0.1) is 0 Å². The first-order chi connectivity index (χ1) is 15.6. The average Bonchev–Trinajstić information content (AvgIpc) is 3.08. The number of methoxy groups -OCH3 is 1. The fourth-order valence-corrected chi connectivity index (χ4v) is 3.86. The van der Waals surface area contributed by atoms with Gasteiger partial charge >= 0.3 is 18.2 Å². The molecule has 0 radical (unpaired) electrons. The first-order valence-corrected chi connectivity index (χ1v) is 10.8. The van der Waals surface area contributed by atoms with Crippen LogP contribution in [0.5, 0.6) is 0 Å². The number of nitrogens with one attached hydrogen (secondary N) is 2. The smallest absolute Gasteiger partial charge is 0.408 e. The zero-order valence-corrected chi connectivity index (χ0v) is 19.5. The molecule has 0 unspecified atom stereocenters. The Morgan fingerprint density at radius 3 is 1.97 bits per heavy atom. The summed E-state index contributed by atoms with van der Waals surface area (Å²) in [6.07, 6.45) is -1.50. The largest absolute Gasteiger partial charge is 0.467 e. The van der Waals surface area contributed by atoms with E-state index in [0.717, 1.165) is 22.3 Å². The van der Waals surface area contributed by atoms with E-state index in [1.807, 2.05) is 36.4 Å². The molecule has 0 saturated heterocycles. The van der Waals surface area contributed by atoms with Crippen LogP contribution in [-0.2, 0) is 19.0 Å². The third-order valence-electron chi connectivity index (χ3n) is 5.32. The Morgan fingerprint density at radius 2 is 1.45 bits per heavy atom. The van der Waals surface area contributed by atoms with E-state index in [9.17, 15) is 14.4 Å². The van der Waals surface area contributed by atoms with E-state index in [2.05, 4.69) is 22.8 Å². The number of fused-ring (bicyclic) bond motifs is 3. The van der Waals surface area contributed by atoms with Crippen LogP contribution in [0.2, 0.25) is 0 Å². The molecular formula is C25H30N2O6. The number of ether oxygens (including phenoxy) is 3. The summed E-state index contributed by atoms with van der Waals surface area (Å²) in [6, 6.07) is 14.1. The number of benzene rings is 2. The minimum Gasteiger partial charge on any atom is -0.467 e. The number of alkyl carbamates (subject to hydrolysis) is 2. The van der Waals surface area contributed by atoms with Crippen molar-refractivity contribution in [1.82, 2.24) is 10.6 Å². The third-order valence-corrected chi connectivity index (χ3v) is 5.32. The van der Waals surface area contributed by atoms with Crippen LogP contribution in [0.1, 0.15) is 44.7 Å². The van der Waals surface area contributed by atoms with Crippen molar-refractivity contribution < 1.29 is 28.6 Å². The van der Waals surface area contributed by atoms with E-state index < -0.39 is 35.8 Å². The Bertz CT molecular complexity index is 984. The molecule has 176 valence electrons. The van der Waals surface area contributed by atoms with Gasteiger partial charge in [0.05, 0.1) is 13.2 Å². The Hall–Kier alpha value is -3.55. The van der Waals surface area contributed by atoms with Gasteiger partial charge in [-0.3, -0.25) is 0 Å². The predicted molar refractivity (Wildman–Crippen MR) is 123 cm³/mol. The monoisotopic (exact) mass is 454 g/mol. The van der Waals surface area contributed by atoms with E-state index in [1.165, 1.54) is 7.11 Å². The van der Waals surface area contributed by atoms with Crippen LogP contribution in [-0.4, -0.2) is 49.6 Å². The zero-order valence-electron chi connectivity index (χ0n) is 19.5. The molecule has 2 N–H and O–H groups in total. The number of esters is 1. The number of hydrogen-bond donors (Lipinski definition) is 2. The molecule has 0 bridgehead atoms. The second-order valence-electron chi connectivity index (χ2n) is 8.91. The molecule has 2 aromatic rings. The second-order valence-corrected chi connectivity index (χ2v) is 8.91. The molecule has 0 aromatic heterocycles. The lowest BCUT2D eigenvalue weighted by molar-refractivity contribution is -0.143. The maximum absolute atomic E-state index is 12.5. The minimum absolute atomic E-state index is 0.0882. The lowest BCUT2D eigenvalue weighted by Crippen LogP contribution is -2.55. The van der Waals surface area contributed by atoms with Gasteiger partial charge < -0.3 is 24.8 Å². The van der Waals surface area contributed by atoms with Gasteiger partial charge in [0.2, 0.25) is 0 Å². The number of carbonyl (C=O) groups excluding carboxylic acids is 3. The van der Waals surface area contributed by atoms with Crippen LogP contribution >= 0.6 is 0 Å². The molecule has 0 heterocycles. The molecule has 33 heavy (non-hydrogen) atoms. The highest BCUT2D eigenvalue weighted by molar-refractivity contribution is 5.83. The van der Waals surface area contributed by atoms with Crippen LogP contribution < -0.4 is 10.6 Å². The van der Waals surface area contributed by atoms with Gasteiger partial charge in [-0.25, -0.2) is 14.4 Å². The van der Waals surface area contributed by atoms with Gasteiger partial charge in [-0.2, -0.15) is 0 Å². The Balaban J connectivity index is 1.63. The lowest BCUT2D eigenvalue weighted by Gasteiger charge is -2.26. The van der Waals surface area contributed by atoms with Crippen molar-refractivity contribution in [3.8, 4) is 11.1 Å². The summed E-state index contributed by atoms with van der Waals surface area (Å²) in [4.78, 5) is 36.9. The minimum atomic E-state index is -1.15. The molecule has 0 fully saturated rings. The predicted octanol–water partition coefficient (Wildman–Crippen LogP) is 3.98. The Morgan fingerprint density at radius 1 is 0.909 bits per heavy atom. The molecule has 8 heteroatoms. The van der Waals surface area contributed by atoms with Gasteiger partial charge in [0.1, 0.15) is 18.2 Å². The summed E-state index contributed by atoms with van der Waals surface area (Å²) < 4.78 is 15.5. The molecular weight excluding hydrogens is 424 g/mol. The summed E-state index contributed by atoms with van der Waals surface area (Å²) in [7, 11) is 1.20. The highest BCUT2D eigenvalue weighted by atomic mass is 16.6.